The van der Waals surface area contributed by atoms with Crippen LogP contribution in [0.2, 0.25) is 5.15 Å². The Morgan fingerprint density at radius 2 is 2.25 bits per heavy atom. The van der Waals surface area contributed by atoms with Crippen LogP contribution in [0.3, 0.4) is 0 Å². The summed E-state index contributed by atoms with van der Waals surface area (Å²) in [5.74, 6) is -0.840. The summed E-state index contributed by atoms with van der Waals surface area (Å²) in [6, 6.07) is 1.63. The lowest BCUT2D eigenvalue weighted by Crippen LogP contribution is -2.00. The molecule has 0 spiro atoms. The Hall–Kier alpha value is -1.55. The Balaban J connectivity index is 2.84. The summed E-state index contributed by atoms with van der Waals surface area (Å²) in [6.07, 6.45) is 1.47. The Labute approximate surface area is 97.3 Å². The van der Waals surface area contributed by atoms with Gasteiger partial charge in [0.25, 0.3) is 0 Å². The third-order valence-electron chi connectivity index (χ3n) is 2.43. The molecule has 16 heavy (non-hydrogen) atoms. The van der Waals surface area contributed by atoms with Crippen LogP contribution in [0.25, 0.3) is 10.9 Å². The first-order valence-corrected chi connectivity index (χ1v) is 5.29. The number of aromatic nitrogens is 2. The molecule has 0 radical (unpaired) electrons. The van der Waals surface area contributed by atoms with Gasteiger partial charge < -0.3 is 10.1 Å². The number of nitrogens with one attached hydrogen (secondary N) is 1. The summed E-state index contributed by atoms with van der Waals surface area (Å²) < 4.78 is 0. The molecule has 0 amide bonds. The second-order valence-corrected chi connectivity index (χ2v) is 4.30. The van der Waals surface area contributed by atoms with Gasteiger partial charge in [-0.2, -0.15) is 0 Å². The van der Waals surface area contributed by atoms with Gasteiger partial charge in [-0.1, -0.05) is 25.4 Å². The van der Waals surface area contributed by atoms with E-state index in [1.807, 2.05) is 13.8 Å². The lowest BCUT2D eigenvalue weighted by atomic mass is 10.0. The molecule has 84 valence electrons. The van der Waals surface area contributed by atoms with Crippen LogP contribution < -0.4 is 0 Å². The van der Waals surface area contributed by atoms with E-state index in [4.69, 9.17) is 16.7 Å². The molecular weight excluding hydrogens is 228 g/mol. The molecule has 0 aliphatic heterocycles. The molecule has 2 rings (SSSR count). The molecule has 2 N–H and O–H groups in total. The van der Waals surface area contributed by atoms with E-state index < -0.39 is 5.97 Å². The van der Waals surface area contributed by atoms with Crippen LogP contribution in [0.15, 0.2) is 12.3 Å². The van der Waals surface area contributed by atoms with Gasteiger partial charge in [0.15, 0.2) is 0 Å². The SMILES string of the molecule is CC(C)c1nc(Cl)cc2[nH]cc(C(=O)O)c12. The first-order chi connectivity index (χ1) is 7.50. The number of pyridine rings is 1. The molecule has 0 aromatic carbocycles. The lowest BCUT2D eigenvalue weighted by Gasteiger charge is -2.07. The predicted molar refractivity (Wildman–Crippen MR) is 62.2 cm³/mol. The minimum Gasteiger partial charge on any atom is -0.478 e. The Bertz CT molecular complexity index is 560. The second kappa shape index (κ2) is 3.79. The summed E-state index contributed by atoms with van der Waals surface area (Å²) in [5.41, 5.74) is 1.66. The maximum absolute atomic E-state index is 11.1. The summed E-state index contributed by atoms with van der Waals surface area (Å²) in [4.78, 5) is 18.2. The van der Waals surface area contributed by atoms with Gasteiger partial charge in [-0.05, 0) is 12.0 Å². The number of H-pyrrole nitrogens is 1. The molecule has 4 nitrogen and oxygen atoms in total. The number of nitrogens with zero attached hydrogens (tertiary/aromatic N) is 1. The fourth-order valence-electron chi connectivity index (χ4n) is 1.74. The number of rotatable bonds is 2. The van der Waals surface area contributed by atoms with E-state index in [1.54, 1.807) is 6.07 Å². The van der Waals surface area contributed by atoms with Crippen LogP contribution in [0.5, 0.6) is 0 Å². The highest BCUT2D eigenvalue weighted by atomic mass is 35.5. The van der Waals surface area contributed by atoms with Crippen LogP contribution in [0.4, 0.5) is 0 Å². The number of aromatic amines is 1. The number of fused-ring (bicyclic) bond motifs is 1. The molecule has 2 aromatic heterocycles. The monoisotopic (exact) mass is 238 g/mol. The van der Waals surface area contributed by atoms with Gasteiger partial charge in [0.1, 0.15) is 5.15 Å². The molecule has 2 aromatic rings. The summed E-state index contributed by atoms with van der Waals surface area (Å²) in [6.45, 7) is 3.91. The van der Waals surface area contributed by atoms with E-state index in [0.29, 0.717) is 21.7 Å². The first-order valence-electron chi connectivity index (χ1n) is 4.91. The summed E-state index contributed by atoms with van der Waals surface area (Å²) >= 11 is 5.88. The molecule has 0 fully saturated rings. The third-order valence-corrected chi connectivity index (χ3v) is 2.63. The number of carboxylic acids is 1. The van der Waals surface area contributed by atoms with Gasteiger partial charge in [-0.25, -0.2) is 9.78 Å². The van der Waals surface area contributed by atoms with Crippen molar-refractivity contribution in [2.24, 2.45) is 0 Å². The van der Waals surface area contributed by atoms with Gasteiger partial charge in [0, 0.05) is 11.6 Å². The minimum absolute atomic E-state index is 0.120. The number of aromatic carboxylic acids is 1. The smallest absolute Gasteiger partial charge is 0.337 e. The highest BCUT2D eigenvalue weighted by molar-refractivity contribution is 6.30. The van der Waals surface area contributed by atoms with E-state index in [1.165, 1.54) is 6.20 Å². The van der Waals surface area contributed by atoms with Crippen molar-refractivity contribution in [1.29, 1.82) is 0 Å². The van der Waals surface area contributed by atoms with Crippen molar-refractivity contribution in [3.05, 3.63) is 28.7 Å². The van der Waals surface area contributed by atoms with E-state index in [-0.39, 0.29) is 11.5 Å². The molecule has 0 saturated carbocycles. The van der Waals surface area contributed by atoms with E-state index in [0.717, 1.165) is 0 Å². The van der Waals surface area contributed by atoms with Crippen LogP contribution >= 0.6 is 11.6 Å². The molecule has 0 aliphatic rings. The standard InChI is InChI=1S/C11H11ClN2O2/c1-5(2)10-9-6(11(15)16)4-13-7(9)3-8(12)14-10/h3-5,13H,1-2H3,(H,15,16). The number of carbonyl (C=O) groups is 1. The normalized spacial score (nSPS) is 11.2. The molecule has 0 atom stereocenters. The Morgan fingerprint density at radius 3 is 2.81 bits per heavy atom. The van der Waals surface area contributed by atoms with Crippen LogP contribution in [0, 0.1) is 0 Å². The zero-order valence-electron chi connectivity index (χ0n) is 8.91. The van der Waals surface area contributed by atoms with Crippen molar-refractivity contribution < 1.29 is 9.90 Å². The van der Waals surface area contributed by atoms with Crippen molar-refractivity contribution in [2.45, 2.75) is 19.8 Å². The molecule has 0 saturated heterocycles. The van der Waals surface area contributed by atoms with Crippen molar-refractivity contribution in [1.82, 2.24) is 9.97 Å². The van der Waals surface area contributed by atoms with E-state index >= 15 is 0 Å². The maximum Gasteiger partial charge on any atom is 0.337 e. The van der Waals surface area contributed by atoms with Gasteiger partial charge in [-0.3, -0.25) is 0 Å². The topological polar surface area (TPSA) is 66.0 Å². The molecule has 5 heteroatoms. The highest BCUT2D eigenvalue weighted by Crippen LogP contribution is 2.28. The number of carboxylic acid groups (broad SMARTS) is 1. The largest absolute Gasteiger partial charge is 0.478 e. The zero-order valence-corrected chi connectivity index (χ0v) is 9.67. The van der Waals surface area contributed by atoms with Crippen molar-refractivity contribution >= 4 is 28.5 Å². The van der Waals surface area contributed by atoms with Crippen molar-refractivity contribution in [3.63, 3.8) is 0 Å². The minimum atomic E-state index is -0.961. The second-order valence-electron chi connectivity index (χ2n) is 3.91. The molecular formula is C11H11ClN2O2. The van der Waals surface area contributed by atoms with Crippen LogP contribution in [-0.2, 0) is 0 Å². The molecule has 0 aliphatic carbocycles. The van der Waals surface area contributed by atoms with Gasteiger partial charge in [0.2, 0.25) is 0 Å². The van der Waals surface area contributed by atoms with Crippen LogP contribution in [-0.4, -0.2) is 21.0 Å². The average molecular weight is 239 g/mol. The third kappa shape index (κ3) is 1.65. The molecule has 0 bridgehead atoms. The molecule has 2 heterocycles. The van der Waals surface area contributed by atoms with Crippen molar-refractivity contribution in [2.75, 3.05) is 0 Å². The number of hydrogen-bond donors (Lipinski definition) is 2. The maximum atomic E-state index is 11.1. The molecule has 0 unspecified atom stereocenters. The van der Waals surface area contributed by atoms with E-state index in [9.17, 15) is 4.79 Å². The fourth-order valence-corrected chi connectivity index (χ4v) is 1.94. The number of hydrogen-bond acceptors (Lipinski definition) is 2. The van der Waals surface area contributed by atoms with Gasteiger partial charge >= 0.3 is 5.97 Å². The lowest BCUT2D eigenvalue weighted by molar-refractivity contribution is 0.0699. The zero-order chi connectivity index (χ0) is 11.9. The Kier molecular flexibility index (Phi) is 2.59. The van der Waals surface area contributed by atoms with Gasteiger partial charge in [-0.15, -0.1) is 0 Å². The highest BCUT2D eigenvalue weighted by Gasteiger charge is 2.17. The van der Waals surface area contributed by atoms with Crippen LogP contribution in [0.1, 0.15) is 35.8 Å². The first kappa shape index (κ1) is 11.0. The van der Waals surface area contributed by atoms with E-state index in [2.05, 4.69) is 9.97 Å². The van der Waals surface area contributed by atoms with Gasteiger partial charge in [0.05, 0.1) is 16.8 Å². The quantitative estimate of drug-likeness (QED) is 0.791. The fraction of sp³-hybridized carbons (Fsp3) is 0.273. The average Bonchev–Trinajstić information content (AvgIpc) is 2.59. The predicted octanol–water partition coefficient (Wildman–Crippen LogP) is 3.04. The summed E-state index contributed by atoms with van der Waals surface area (Å²) in [5, 5.41) is 10.1. The Morgan fingerprint density at radius 1 is 1.56 bits per heavy atom. The number of halogens is 1. The summed E-state index contributed by atoms with van der Waals surface area (Å²) in [7, 11) is 0. The van der Waals surface area contributed by atoms with Crippen molar-refractivity contribution in [3.8, 4) is 0 Å².